The molecule has 0 saturated carbocycles. The van der Waals surface area contributed by atoms with Gasteiger partial charge in [0.15, 0.2) is 0 Å². The SMILES string of the molecule is COc1cc(Nc2ncc3c(n2)SCN(c2c(Cl)cccc2Cl)C3=O)ccc1N1CCNC[C@@H]1C. The Kier molecular flexibility index (Phi) is 6.93. The summed E-state index contributed by atoms with van der Waals surface area (Å²) in [5.74, 6) is 1.28. The lowest BCUT2D eigenvalue weighted by molar-refractivity contribution is 0.0985. The highest BCUT2D eigenvalue weighted by Gasteiger charge is 2.30. The minimum Gasteiger partial charge on any atom is -0.495 e. The number of methoxy groups -OCH3 is 1. The Balaban J connectivity index is 1.36. The van der Waals surface area contributed by atoms with Gasteiger partial charge in [-0.2, -0.15) is 0 Å². The number of hydrogen-bond acceptors (Lipinski definition) is 8. The minimum absolute atomic E-state index is 0.239. The Bertz CT molecular complexity index is 1260. The number of nitrogens with one attached hydrogen (secondary N) is 2. The number of ether oxygens (including phenoxy) is 1. The number of hydrogen-bond donors (Lipinski definition) is 2. The van der Waals surface area contributed by atoms with E-state index in [1.807, 2.05) is 18.2 Å². The molecule has 0 radical (unpaired) electrons. The Labute approximate surface area is 218 Å². The Hall–Kier alpha value is -2.72. The summed E-state index contributed by atoms with van der Waals surface area (Å²) in [5, 5.41) is 8.08. The van der Waals surface area contributed by atoms with E-state index in [1.165, 1.54) is 18.0 Å². The fraction of sp³-hybridized carbons (Fsp3) is 0.292. The molecule has 8 nitrogen and oxygen atoms in total. The fourth-order valence-electron chi connectivity index (χ4n) is 4.25. The number of rotatable bonds is 5. The molecule has 1 saturated heterocycles. The van der Waals surface area contributed by atoms with E-state index in [-0.39, 0.29) is 5.91 Å². The van der Waals surface area contributed by atoms with Crippen LogP contribution in [-0.4, -0.2) is 54.5 Å². The maximum atomic E-state index is 13.2. The fourth-order valence-corrected chi connectivity index (χ4v) is 5.79. The van der Waals surface area contributed by atoms with E-state index < -0.39 is 0 Å². The van der Waals surface area contributed by atoms with Crippen molar-refractivity contribution in [1.29, 1.82) is 0 Å². The van der Waals surface area contributed by atoms with Crippen molar-refractivity contribution in [2.24, 2.45) is 0 Å². The largest absolute Gasteiger partial charge is 0.495 e. The van der Waals surface area contributed by atoms with Gasteiger partial charge in [-0.15, -0.1) is 0 Å². The molecular formula is C24H24Cl2N6O2S. The molecule has 2 N–H and O–H groups in total. The maximum absolute atomic E-state index is 13.2. The molecule has 5 rings (SSSR count). The van der Waals surface area contributed by atoms with Crippen molar-refractivity contribution in [2.45, 2.75) is 18.0 Å². The highest BCUT2D eigenvalue weighted by molar-refractivity contribution is 7.99. The lowest BCUT2D eigenvalue weighted by atomic mass is 10.1. The van der Waals surface area contributed by atoms with Crippen LogP contribution in [0.4, 0.5) is 23.0 Å². The van der Waals surface area contributed by atoms with Gasteiger partial charge in [0.2, 0.25) is 5.95 Å². The average molecular weight is 531 g/mol. The number of carbonyl (C=O) groups is 1. The molecule has 0 spiro atoms. The maximum Gasteiger partial charge on any atom is 0.263 e. The summed E-state index contributed by atoms with van der Waals surface area (Å²) in [6.07, 6.45) is 1.53. The molecule has 3 aromatic rings. The molecule has 1 aromatic heterocycles. The number of amides is 1. The van der Waals surface area contributed by atoms with Gasteiger partial charge >= 0.3 is 0 Å². The standard InChI is InChI=1S/C24H24Cl2N6O2S/c1-14-11-27-8-9-31(14)19-7-6-15(10-20(19)34-2)29-24-28-12-16-22(30-24)35-13-32(23(16)33)21-17(25)4-3-5-18(21)26/h3-7,10,12,14,27H,8-9,11,13H2,1-2H3,(H,28,29,30)/t14-/m0/s1. The first kappa shape index (κ1) is 24.0. The van der Waals surface area contributed by atoms with Crippen LogP contribution in [0, 0.1) is 0 Å². The quantitative estimate of drug-likeness (QED) is 0.443. The van der Waals surface area contributed by atoms with Gasteiger partial charge in [0.05, 0.1) is 40.0 Å². The number of thioether (sulfide) groups is 1. The zero-order valence-corrected chi connectivity index (χ0v) is 21.5. The second-order valence-corrected chi connectivity index (χ2v) is 10.00. The van der Waals surface area contributed by atoms with E-state index in [1.54, 1.807) is 30.2 Å². The molecule has 2 aliphatic heterocycles. The van der Waals surface area contributed by atoms with Crippen LogP contribution < -0.4 is 25.2 Å². The number of carbonyl (C=O) groups excluding carboxylic acids is 1. The van der Waals surface area contributed by atoms with Crippen LogP contribution in [0.2, 0.25) is 10.0 Å². The molecule has 11 heteroatoms. The third kappa shape index (κ3) is 4.73. The highest BCUT2D eigenvalue weighted by Crippen LogP contribution is 2.40. The molecule has 2 aliphatic rings. The molecule has 0 aliphatic carbocycles. The number of para-hydroxylation sites is 1. The molecule has 2 aromatic carbocycles. The van der Waals surface area contributed by atoms with Crippen LogP contribution in [0.25, 0.3) is 0 Å². The van der Waals surface area contributed by atoms with Gasteiger partial charge in [-0.05, 0) is 31.2 Å². The van der Waals surface area contributed by atoms with Gasteiger partial charge < -0.3 is 20.3 Å². The van der Waals surface area contributed by atoms with Gasteiger partial charge in [0.25, 0.3) is 5.91 Å². The van der Waals surface area contributed by atoms with Crippen molar-refractivity contribution in [3.63, 3.8) is 0 Å². The zero-order valence-electron chi connectivity index (χ0n) is 19.2. The molecule has 1 amide bonds. The number of anilines is 4. The number of halogens is 2. The summed E-state index contributed by atoms with van der Waals surface area (Å²) in [4.78, 5) is 26.0. The number of benzene rings is 2. The molecule has 1 atom stereocenters. The summed E-state index contributed by atoms with van der Waals surface area (Å²) >= 11 is 14.1. The lowest BCUT2D eigenvalue weighted by Crippen LogP contribution is -2.50. The molecular weight excluding hydrogens is 507 g/mol. The number of fused-ring (bicyclic) bond motifs is 1. The first-order valence-corrected chi connectivity index (χ1v) is 12.9. The summed E-state index contributed by atoms with van der Waals surface area (Å²) in [7, 11) is 1.67. The van der Waals surface area contributed by atoms with Gasteiger partial charge in [-0.1, -0.05) is 41.0 Å². The normalized spacial score (nSPS) is 17.8. The molecule has 0 unspecified atom stereocenters. The van der Waals surface area contributed by atoms with E-state index in [2.05, 4.69) is 32.4 Å². The smallest absolute Gasteiger partial charge is 0.263 e. The second-order valence-electron chi connectivity index (χ2n) is 8.25. The van der Waals surface area contributed by atoms with Crippen molar-refractivity contribution >= 4 is 63.9 Å². The Morgan fingerprint density at radius 2 is 2.03 bits per heavy atom. The van der Waals surface area contributed by atoms with E-state index in [0.717, 1.165) is 36.8 Å². The zero-order chi connectivity index (χ0) is 24.5. The van der Waals surface area contributed by atoms with E-state index in [4.69, 9.17) is 27.9 Å². The Morgan fingerprint density at radius 1 is 1.23 bits per heavy atom. The molecule has 1 fully saturated rings. The number of piperazine rings is 1. The van der Waals surface area contributed by atoms with Crippen molar-refractivity contribution in [3.05, 3.63) is 58.2 Å². The number of nitrogens with zero attached hydrogens (tertiary/aromatic N) is 4. The van der Waals surface area contributed by atoms with Crippen molar-refractivity contribution in [1.82, 2.24) is 15.3 Å². The topological polar surface area (TPSA) is 82.6 Å². The van der Waals surface area contributed by atoms with E-state index in [0.29, 0.717) is 44.2 Å². The summed E-state index contributed by atoms with van der Waals surface area (Å²) in [6.45, 7) is 4.98. The monoisotopic (exact) mass is 530 g/mol. The highest BCUT2D eigenvalue weighted by atomic mass is 35.5. The Morgan fingerprint density at radius 3 is 2.77 bits per heavy atom. The van der Waals surface area contributed by atoms with E-state index >= 15 is 0 Å². The average Bonchev–Trinajstić information content (AvgIpc) is 2.85. The third-order valence-electron chi connectivity index (χ3n) is 6.01. The van der Waals surface area contributed by atoms with Crippen LogP contribution in [0.3, 0.4) is 0 Å². The predicted octanol–water partition coefficient (Wildman–Crippen LogP) is 5.04. The van der Waals surface area contributed by atoms with Crippen molar-refractivity contribution < 1.29 is 9.53 Å². The number of aromatic nitrogens is 2. The van der Waals surface area contributed by atoms with Crippen LogP contribution in [0.1, 0.15) is 17.3 Å². The molecule has 182 valence electrons. The molecule has 35 heavy (non-hydrogen) atoms. The minimum atomic E-state index is -0.239. The third-order valence-corrected chi connectivity index (χ3v) is 7.60. The van der Waals surface area contributed by atoms with Crippen LogP contribution in [0.5, 0.6) is 5.75 Å². The van der Waals surface area contributed by atoms with E-state index in [9.17, 15) is 4.79 Å². The second kappa shape index (κ2) is 10.1. The van der Waals surface area contributed by atoms with Crippen LogP contribution in [0.15, 0.2) is 47.6 Å². The summed E-state index contributed by atoms with van der Waals surface area (Å²) in [5.41, 5.74) is 2.75. The van der Waals surface area contributed by atoms with Crippen LogP contribution in [-0.2, 0) is 0 Å². The summed E-state index contributed by atoms with van der Waals surface area (Å²) < 4.78 is 5.68. The van der Waals surface area contributed by atoms with Crippen molar-refractivity contribution in [3.8, 4) is 5.75 Å². The van der Waals surface area contributed by atoms with Crippen LogP contribution >= 0.6 is 35.0 Å². The first-order valence-electron chi connectivity index (χ1n) is 11.1. The molecule has 3 heterocycles. The molecule has 0 bridgehead atoms. The van der Waals surface area contributed by atoms with Gasteiger partial charge in [-0.25, -0.2) is 9.97 Å². The van der Waals surface area contributed by atoms with Gasteiger partial charge in [0.1, 0.15) is 10.8 Å². The first-order chi connectivity index (χ1) is 17.0. The lowest BCUT2D eigenvalue weighted by Gasteiger charge is -2.36. The predicted molar refractivity (Wildman–Crippen MR) is 142 cm³/mol. The van der Waals surface area contributed by atoms with Gasteiger partial charge in [0, 0.05) is 43.6 Å². The van der Waals surface area contributed by atoms with Gasteiger partial charge in [-0.3, -0.25) is 9.69 Å². The summed E-state index contributed by atoms with van der Waals surface area (Å²) in [6, 6.07) is 11.5. The van der Waals surface area contributed by atoms with Crippen molar-refractivity contribution in [2.75, 3.05) is 47.7 Å².